The van der Waals surface area contributed by atoms with Crippen molar-refractivity contribution in [3.05, 3.63) is 11.7 Å². The van der Waals surface area contributed by atoms with Gasteiger partial charge in [-0.05, 0) is 31.7 Å². The van der Waals surface area contributed by atoms with Crippen molar-refractivity contribution in [1.82, 2.24) is 20.8 Å². The summed E-state index contributed by atoms with van der Waals surface area (Å²) in [5, 5.41) is 9.79. The summed E-state index contributed by atoms with van der Waals surface area (Å²) >= 11 is 0. The summed E-state index contributed by atoms with van der Waals surface area (Å²) in [5.74, 6) is 1.01. The molecule has 1 amide bonds. The Bertz CT molecular complexity index is 427. The van der Waals surface area contributed by atoms with Gasteiger partial charge >= 0.3 is 0 Å². The molecule has 1 fully saturated rings. The highest BCUT2D eigenvalue weighted by Crippen LogP contribution is 2.30. The van der Waals surface area contributed by atoms with Crippen LogP contribution in [0.3, 0.4) is 0 Å². The van der Waals surface area contributed by atoms with Crippen LogP contribution in [0.2, 0.25) is 0 Å². The fourth-order valence-corrected chi connectivity index (χ4v) is 2.34. The molecule has 100 valence electrons. The van der Waals surface area contributed by atoms with Crippen molar-refractivity contribution in [2.24, 2.45) is 5.41 Å². The molecule has 1 unspecified atom stereocenters. The van der Waals surface area contributed by atoms with Crippen LogP contribution in [0.15, 0.2) is 4.52 Å². The van der Waals surface area contributed by atoms with Crippen molar-refractivity contribution in [3.8, 4) is 0 Å². The molecule has 1 aliphatic heterocycles. The number of nitrogens with zero attached hydrogens (tertiary/aromatic N) is 2. The molecule has 2 N–H and O–H groups in total. The fourth-order valence-electron chi connectivity index (χ4n) is 2.34. The number of nitrogens with one attached hydrogen (secondary N) is 2. The van der Waals surface area contributed by atoms with E-state index in [2.05, 4.69) is 34.6 Å². The van der Waals surface area contributed by atoms with Gasteiger partial charge in [0.15, 0.2) is 5.82 Å². The first kappa shape index (κ1) is 13.0. The Morgan fingerprint density at radius 1 is 1.61 bits per heavy atom. The number of aromatic nitrogens is 2. The minimum Gasteiger partial charge on any atom is -0.346 e. The first-order valence-electron chi connectivity index (χ1n) is 6.29. The van der Waals surface area contributed by atoms with Crippen LogP contribution >= 0.6 is 0 Å². The van der Waals surface area contributed by atoms with Crippen LogP contribution in [0.5, 0.6) is 0 Å². The molecule has 0 saturated carbocycles. The molecule has 2 heterocycles. The summed E-state index contributed by atoms with van der Waals surface area (Å²) < 4.78 is 4.96. The van der Waals surface area contributed by atoms with Crippen LogP contribution in [0.4, 0.5) is 0 Å². The third kappa shape index (κ3) is 2.87. The maximum absolute atomic E-state index is 12.1. The topological polar surface area (TPSA) is 80.0 Å². The van der Waals surface area contributed by atoms with Gasteiger partial charge in [0, 0.05) is 0 Å². The minimum atomic E-state index is -0.157. The molecule has 1 aliphatic rings. The highest BCUT2D eigenvalue weighted by atomic mass is 16.5. The third-order valence-corrected chi connectivity index (χ3v) is 3.37. The van der Waals surface area contributed by atoms with Crippen LogP contribution in [0.1, 0.15) is 38.4 Å². The lowest BCUT2D eigenvalue weighted by Crippen LogP contribution is -2.55. The van der Waals surface area contributed by atoms with E-state index < -0.39 is 0 Å². The molecule has 0 aliphatic carbocycles. The van der Waals surface area contributed by atoms with Gasteiger partial charge in [-0.3, -0.25) is 4.79 Å². The Kier molecular flexibility index (Phi) is 3.65. The molecular weight excluding hydrogens is 232 g/mol. The number of aryl methyl sites for hydroxylation is 1. The Balaban J connectivity index is 1.91. The number of amides is 1. The Labute approximate surface area is 107 Å². The van der Waals surface area contributed by atoms with E-state index in [-0.39, 0.29) is 23.9 Å². The van der Waals surface area contributed by atoms with E-state index in [1.54, 1.807) is 6.92 Å². The van der Waals surface area contributed by atoms with Gasteiger partial charge in [-0.25, -0.2) is 0 Å². The zero-order valence-corrected chi connectivity index (χ0v) is 11.1. The van der Waals surface area contributed by atoms with E-state index in [0.717, 1.165) is 19.4 Å². The van der Waals surface area contributed by atoms with Crippen LogP contribution in [0.25, 0.3) is 0 Å². The van der Waals surface area contributed by atoms with Crippen LogP contribution in [-0.4, -0.2) is 28.6 Å². The summed E-state index contributed by atoms with van der Waals surface area (Å²) in [6.45, 7) is 7.15. The Morgan fingerprint density at radius 2 is 2.39 bits per heavy atom. The van der Waals surface area contributed by atoms with E-state index in [1.807, 2.05) is 0 Å². The molecule has 1 aromatic rings. The van der Waals surface area contributed by atoms with Crippen LogP contribution in [-0.2, 0) is 11.3 Å². The number of piperidine rings is 1. The van der Waals surface area contributed by atoms with Crippen molar-refractivity contribution < 1.29 is 9.32 Å². The first-order chi connectivity index (χ1) is 8.49. The molecule has 0 bridgehead atoms. The van der Waals surface area contributed by atoms with E-state index in [9.17, 15) is 4.79 Å². The molecule has 1 aromatic heterocycles. The maximum atomic E-state index is 12.1. The molecule has 2 rings (SSSR count). The molecule has 0 radical (unpaired) electrons. The van der Waals surface area contributed by atoms with E-state index in [4.69, 9.17) is 4.52 Å². The molecule has 0 spiro atoms. The van der Waals surface area contributed by atoms with Gasteiger partial charge in [0.2, 0.25) is 11.8 Å². The lowest BCUT2D eigenvalue weighted by Gasteiger charge is -2.38. The van der Waals surface area contributed by atoms with Crippen molar-refractivity contribution in [2.45, 2.75) is 46.2 Å². The highest BCUT2D eigenvalue weighted by molar-refractivity contribution is 5.82. The van der Waals surface area contributed by atoms with Gasteiger partial charge in [-0.2, -0.15) is 4.98 Å². The van der Waals surface area contributed by atoms with Gasteiger partial charge < -0.3 is 15.2 Å². The van der Waals surface area contributed by atoms with Crippen molar-refractivity contribution in [3.63, 3.8) is 0 Å². The summed E-state index contributed by atoms with van der Waals surface area (Å²) in [6.07, 6.45) is 2.16. The smallest absolute Gasteiger partial charge is 0.246 e. The lowest BCUT2D eigenvalue weighted by molar-refractivity contribution is -0.127. The largest absolute Gasteiger partial charge is 0.346 e. The molecule has 6 heteroatoms. The normalized spacial score (nSPS) is 22.7. The lowest BCUT2D eigenvalue weighted by atomic mass is 9.77. The monoisotopic (exact) mass is 252 g/mol. The van der Waals surface area contributed by atoms with Crippen molar-refractivity contribution in [2.75, 3.05) is 6.54 Å². The van der Waals surface area contributed by atoms with Gasteiger partial charge in [0.25, 0.3) is 0 Å². The van der Waals surface area contributed by atoms with Crippen molar-refractivity contribution in [1.29, 1.82) is 0 Å². The second-order valence-corrected chi connectivity index (χ2v) is 5.43. The minimum absolute atomic E-state index is 0.00412. The Morgan fingerprint density at radius 3 is 3.00 bits per heavy atom. The molecule has 6 nitrogen and oxygen atoms in total. The van der Waals surface area contributed by atoms with Gasteiger partial charge in [-0.15, -0.1) is 0 Å². The quantitative estimate of drug-likeness (QED) is 0.830. The second kappa shape index (κ2) is 5.06. The number of carbonyl (C=O) groups is 1. The third-order valence-electron chi connectivity index (χ3n) is 3.37. The van der Waals surface area contributed by atoms with E-state index in [0.29, 0.717) is 11.7 Å². The van der Waals surface area contributed by atoms with Crippen LogP contribution in [0, 0.1) is 12.3 Å². The predicted molar refractivity (Wildman–Crippen MR) is 65.7 cm³/mol. The predicted octanol–water partition coefficient (Wildman–Crippen LogP) is 0.772. The van der Waals surface area contributed by atoms with Crippen molar-refractivity contribution >= 4 is 5.91 Å². The average molecular weight is 252 g/mol. The zero-order valence-electron chi connectivity index (χ0n) is 11.1. The number of carbonyl (C=O) groups excluding carboxylic acids is 1. The first-order valence-corrected chi connectivity index (χ1v) is 6.29. The van der Waals surface area contributed by atoms with E-state index >= 15 is 0 Å². The molecule has 0 aromatic carbocycles. The average Bonchev–Trinajstić information content (AvgIpc) is 2.71. The summed E-state index contributed by atoms with van der Waals surface area (Å²) in [4.78, 5) is 16.2. The summed E-state index contributed by atoms with van der Waals surface area (Å²) in [5.41, 5.74) is -0.0207. The zero-order chi connectivity index (χ0) is 13.2. The number of rotatable bonds is 3. The summed E-state index contributed by atoms with van der Waals surface area (Å²) in [7, 11) is 0. The Hall–Kier alpha value is -1.43. The highest BCUT2D eigenvalue weighted by Gasteiger charge is 2.36. The van der Waals surface area contributed by atoms with Gasteiger partial charge in [-0.1, -0.05) is 19.0 Å². The number of hydrogen-bond acceptors (Lipinski definition) is 5. The SMILES string of the molecule is Cc1noc(CNC(=O)C2NCCCC2(C)C)n1. The maximum Gasteiger partial charge on any atom is 0.246 e. The standard InChI is InChI=1S/C12H20N4O2/c1-8-15-9(18-16-8)7-14-11(17)10-12(2,3)5-4-6-13-10/h10,13H,4-7H2,1-3H3,(H,14,17). The molecular formula is C12H20N4O2. The molecule has 1 atom stereocenters. The second-order valence-electron chi connectivity index (χ2n) is 5.43. The molecule has 1 saturated heterocycles. The fraction of sp³-hybridized carbons (Fsp3) is 0.750. The summed E-state index contributed by atoms with van der Waals surface area (Å²) in [6, 6.07) is -0.157. The number of hydrogen-bond donors (Lipinski definition) is 2. The molecule has 18 heavy (non-hydrogen) atoms. The van der Waals surface area contributed by atoms with Gasteiger partial charge in [0.05, 0.1) is 12.6 Å². The van der Waals surface area contributed by atoms with E-state index in [1.165, 1.54) is 0 Å². The van der Waals surface area contributed by atoms with Crippen LogP contribution < -0.4 is 10.6 Å². The van der Waals surface area contributed by atoms with Gasteiger partial charge in [0.1, 0.15) is 0 Å².